The molecule has 1 aliphatic rings. The van der Waals surface area contributed by atoms with E-state index in [1.165, 1.54) is 18.3 Å². The summed E-state index contributed by atoms with van der Waals surface area (Å²) in [5.41, 5.74) is -0.407. The number of aliphatic hydroxyl groups is 1. The summed E-state index contributed by atoms with van der Waals surface area (Å²) in [7, 11) is 0. The molecule has 0 spiro atoms. The lowest BCUT2D eigenvalue weighted by atomic mass is 10.3. The number of hydrogen-bond acceptors (Lipinski definition) is 4. The van der Waals surface area contributed by atoms with Crippen LogP contribution in [0.15, 0.2) is 12.1 Å². The average Bonchev–Trinajstić information content (AvgIpc) is 2.88. The summed E-state index contributed by atoms with van der Waals surface area (Å²) in [4.78, 5) is 23.2. The molecule has 1 heterocycles. The van der Waals surface area contributed by atoms with Crippen molar-refractivity contribution in [3.63, 3.8) is 0 Å². The highest BCUT2D eigenvalue weighted by molar-refractivity contribution is 7.18. The molecule has 0 radical (unpaired) electrons. The number of hydrogen-bond donors (Lipinski definition) is 3. The molecule has 1 saturated carbocycles. The minimum atomic E-state index is -0.407. The zero-order valence-corrected chi connectivity index (χ0v) is 10.3. The van der Waals surface area contributed by atoms with Gasteiger partial charge in [-0.25, -0.2) is 0 Å². The van der Waals surface area contributed by atoms with Crippen LogP contribution in [0.25, 0.3) is 0 Å². The first kappa shape index (κ1) is 12.1. The molecule has 1 aliphatic carbocycles. The van der Waals surface area contributed by atoms with E-state index in [1.54, 1.807) is 12.1 Å². The minimum absolute atomic E-state index is 0.0251. The Morgan fingerprint density at radius 1 is 1.47 bits per heavy atom. The first-order valence-electron chi connectivity index (χ1n) is 5.35. The first-order chi connectivity index (χ1) is 8.04. The van der Waals surface area contributed by atoms with Gasteiger partial charge in [-0.15, -0.1) is 11.3 Å². The van der Waals surface area contributed by atoms with E-state index in [9.17, 15) is 9.59 Å². The average molecular weight is 254 g/mol. The van der Waals surface area contributed by atoms with Gasteiger partial charge in [-0.05, 0) is 25.0 Å². The summed E-state index contributed by atoms with van der Waals surface area (Å²) in [5.74, 6) is -0.356. The van der Waals surface area contributed by atoms with Crippen molar-refractivity contribution in [3.05, 3.63) is 17.0 Å². The first-order valence-corrected chi connectivity index (χ1v) is 6.17. The molecular weight excluding hydrogens is 240 g/mol. The Morgan fingerprint density at radius 3 is 2.71 bits per heavy atom. The van der Waals surface area contributed by atoms with Crippen LogP contribution in [0.2, 0.25) is 0 Å². The highest BCUT2D eigenvalue weighted by Gasteiger charge is 2.43. The number of thiophene rings is 1. The molecule has 0 bridgehead atoms. The minimum Gasteiger partial charge on any atom is -0.394 e. The quantitative estimate of drug-likeness (QED) is 0.749. The molecule has 0 unspecified atom stereocenters. The van der Waals surface area contributed by atoms with Gasteiger partial charge >= 0.3 is 0 Å². The van der Waals surface area contributed by atoms with Gasteiger partial charge in [0.1, 0.15) is 0 Å². The van der Waals surface area contributed by atoms with Crippen LogP contribution >= 0.6 is 11.3 Å². The normalized spacial score (nSPS) is 16.4. The monoisotopic (exact) mass is 254 g/mol. The Kier molecular flexibility index (Phi) is 3.17. The summed E-state index contributed by atoms with van der Waals surface area (Å²) >= 11 is 1.22. The fraction of sp³-hybridized carbons (Fsp3) is 0.455. The summed E-state index contributed by atoms with van der Waals surface area (Å²) < 4.78 is 0. The molecule has 2 rings (SSSR count). The highest BCUT2D eigenvalue weighted by Crippen LogP contribution is 2.35. The number of anilines is 1. The number of carbonyl (C=O) groups is 2. The predicted molar refractivity (Wildman–Crippen MR) is 65.1 cm³/mol. The van der Waals surface area contributed by atoms with Crippen molar-refractivity contribution in [2.45, 2.75) is 25.3 Å². The summed E-state index contributed by atoms with van der Waals surface area (Å²) in [6.07, 6.45) is 1.64. The maximum absolute atomic E-state index is 11.8. The van der Waals surface area contributed by atoms with Gasteiger partial charge in [0.2, 0.25) is 5.91 Å². The van der Waals surface area contributed by atoms with E-state index in [4.69, 9.17) is 5.11 Å². The van der Waals surface area contributed by atoms with Gasteiger partial charge in [-0.1, -0.05) is 0 Å². The summed E-state index contributed by atoms with van der Waals surface area (Å²) in [6, 6.07) is 3.36. The van der Waals surface area contributed by atoms with E-state index in [-0.39, 0.29) is 18.4 Å². The Hall–Kier alpha value is -1.40. The fourth-order valence-corrected chi connectivity index (χ4v) is 2.32. The zero-order valence-electron chi connectivity index (χ0n) is 9.45. The SMILES string of the molecule is CC(=O)Nc1ccc(C(=O)NC2(CO)CC2)s1. The second-order valence-corrected chi connectivity index (χ2v) is 5.32. The highest BCUT2D eigenvalue weighted by atomic mass is 32.1. The van der Waals surface area contributed by atoms with E-state index in [1.807, 2.05) is 0 Å². The van der Waals surface area contributed by atoms with E-state index < -0.39 is 5.54 Å². The number of rotatable bonds is 4. The van der Waals surface area contributed by atoms with Crippen LogP contribution in [0, 0.1) is 0 Å². The van der Waals surface area contributed by atoms with Crippen molar-refractivity contribution < 1.29 is 14.7 Å². The van der Waals surface area contributed by atoms with Crippen LogP contribution in [-0.2, 0) is 4.79 Å². The largest absolute Gasteiger partial charge is 0.394 e. The number of amides is 2. The van der Waals surface area contributed by atoms with Crippen LogP contribution in [0.3, 0.4) is 0 Å². The van der Waals surface area contributed by atoms with E-state index in [2.05, 4.69) is 10.6 Å². The summed E-state index contributed by atoms with van der Waals surface area (Å²) in [5, 5.41) is 15.2. The van der Waals surface area contributed by atoms with Gasteiger partial charge in [0.25, 0.3) is 5.91 Å². The van der Waals surface area contributed by atoms with Crippen molar-refractivity contribution in [1.29, 1.82) is 0 Å². The third-order valence-corrected chi connectivity index (χ3v) is 3.66. The van der Waals surface area contributed by atoms with Gasteiger partial charge < -0.3 is 15.7 Å². The van der Waals surface area contributed by atoms with Crippen molar-refractivity contribution in [2.24, 2.45) is 0 Å². The molecule has 92 valence electrons. The van der Waals surface area contributed by atoms with Crippen LogP contribution < -0.4 is 10.6 Å². The number of nitrogens with one attached hydrogen (secondary N) is 2. The van der Waals surface area contributed by atoms with Gasteiger partial charge in [0.05, 0.1) is 22.0 Å². The van der Waals surface area contributed by atoms with Crippen LogP contribution in [0.5, 0.6) is 0 Å². The van der Waals surface area contributed by atoms with Gasteiger partial charge in [-0.3, -0.25) is 9.59 Å². The van der Waals surface area contributed by atoms with Gasteiger partial charge in [0.15, 0.2) is 0 Å². The predicted octanol–water partition coefficient (Wildman–Crippen LogP) is 0.961. The Morgan fingerprint density at radius 2 is 2.18 bits per heavy atom. The topological polar surface area (TPSA) is 78.4 Å². The van der Waals surface area contributed by atoms with Crippen molar-refractivity contribution in [1.82, 2.24) is 5.32 Å². The molecule has 2 amide bonds. The molecule has 5 nitrogen and oxygen atoms in total. The molecule has 0 saturated heterocycles. The van der Waals surface area contributed by atoms with Crippen LogP contribution in [-0.4, -0.2) is 29.1 Å². The Labute approximate surface area is 103 Å². The summed E-state index contributed by atoms with van der Waals surface area (Å²) in [6.45, 7) is 1.40. The number of aliphatic hydroxyl groups excluding tert-OH is 1. The fourth-order valence-electron chi connectivity index (χ4n) is 1.48. The van der Waals surface area contributed by atoms with Gasteiger partial charge in [-0.2, -0.15) is 0 Å². The lowest BCUT2D eigenvalue weighted by Gasteiger charge is -2.12. The van der Waals surface area contributed by atoms with Crippen molar-refractivity contribution >= 4 is 28.2 Å². The lowest BCUT2D eigenvalue weighted by Crippen LogP contribution is -2.39. The molecule has 0 aliphatic heterocycles. The molecule has 0 aromatic carbocycles. The zero-order chi connectivity index (χ0) is 12.5. The third-order valence-electron chi connectivity index (χ3n) is 2.66. The maximum atomic E-state index is 11.8. The van der Waals surface area contributed by atoms with E-state index >= 15 is 0 Å². The van der Waals surface area contributed by atoms with Crippen molar-refractivity contribution in [2.75, 3.05) is 11.9 Å². The number of carbonyl (C=O) groups excluding carboxylic acids is 2. The Bertz CT molecular complexity index is 451. The molecular formula is C11H14N2O3S. The van der Waals surface area contributed by atoms with Crippen molar-refractivity contribution in [3.8, 4) is 0 Å². The maximum Gasteiger partial charge on any atom is 0.261 e. The molecule has 6 heteroatoms. The van der Waals surface area contributed by atoms with Crippen LogP contribution in [0.4, 0.5) is 5.00 Å². The molecule has 17 heavy (non-hydrogen) atoms. The molecule has 1 aromatic rings. The van der Waals surface area contributed by atoms with Gasteiger partial charge in [0, 0.05) is 6.92 Å². The standard InChI is InChI=1S/C11H14N2O3S/c1-7(15)12-9-3-2-8(17-9)10(16)13-11(6-14)4-5-11/h2-3,14H,4-6H2,1H3,(H,12,15)(H,13,16). The smallest absolute Gasteiger partial charge is 0.261 e. The lowest BCUT2D eigenvalue weighted by molar-refractivity contribution is -0.114. The molecule has 3 N–H and O–H groups in total. The molecule has 0 atom stereocenters. The molecule has 1 fully saturated rings. The second kappa shape index (κ2) is 4.46. The second-order valence-electron chi connectivity index (χ2n) is 4.24. The third kappa shape index (κ3) is 2.83. The Balaban J connectivity index is 1.99. The van der Waals surface area contributed by atoms with E-state index in [0.29, 0.717) is 9.88 Å². The van der Waals surface area contributed by atoms with E-state index in [0.717, 1.165) is 12.8 Å². The van der Waals surface area contributed by atoms with Crippen LogP contribution in [0.1, 0.15) is 29.4 Å². The molecule has 1 aromatic heterocycles.